The number of nitrogens with zero attached hydrogens (tertiary/aromatic N) is 5. The molecular weight excluding hydrogens is 344 g/mol. The van der Waals surface area contributed by atoms with Crippen LogP contribution in [0.25, 0.3) is 0 Å². The summed E-state index contributed by atoms with van der Waals surface area (Å²) in [4.78, 5) is 30.8. The van der Waals surface area contributed by atoms with Gasteiger partial charge in [0.2, 0.25) is 5.91 Å². The Hall–Kier alpha value is -2.64. The number of aryl methyl sites for hydroxylation is 1. The molecule has 8 heteroatoms. The molecule has 0 spiro atoms. The third-order valence-electron chi connectivity index (χ3n) is 5.72. The zero-order valence-electron chi connectivity index (χ0n) is 15.7. The van der Waals surface area contributed by atoms with Crippen LogP contribution in [0.15, 0.2) is 12.4 Å². The van der Waals surface area contributed by atoms with Crippen molar-refractivity contribution in [2.45, 2.75) is 51.0 Å². The maximum Gasteiger partial charge on any atom is 0.274 e. The highest BCUT2D eigenvalue weighted by molar-refractivity contribution is 5.94. The number of rotatable bonds is 4. The molecule has 0 bridgehead atoms. The molecule has 2 aromatic heterocycles. The highest BCUT2D eigenvalue weighted by atomic mass is 16.2. The second kappa shape index (κ2) is 7.17. The van der Waals surface area contributed by atoms with Gasteiger partial charge in [-0.2, -0.15) is 5.10 Å². The van der Waals surface area contributed by atoms with Crippen LogP contribution in [0.4, 0.5) is 0 Å². The summed E-state index contributed by atoms with van der Waals surface area (Å²) in [6, 6.07) is 0. The van der Waals surface area contributed by atoms with Crippen molar-refractivity contribution in [2.75, 3.05) is 13.1 Å². The van der Waals surface area contributed by atoms with Crippen molar-refractivity contribution < 1.29 is 9.59 Å². The van der Waals surface area contributed by atoms with Gasteiger partial charge in [0.1, 0.15) is 12.4 Å². The van der Waals surface area contributed by atoms with E-state index >= 15 is 0 Å². The Morgan fingerprint density at radius 3 is 2.89 bits per heavy atom. The van der Waals surface area contributed by atoms with Gasteiger partial charge in [-0.3, -0.25) is 14.3 Å². The Bertz CT molecular complexity index is 868. The standard InChI is InChI=1S/C19H26N6O2/c1-23-15-7-3-2-6-14(15)17(22-23)19(27)25-9-4-5-13(11-25)18-21-8-10-24(18)12-16(20)26/h8,10,13H,2-7,9,11-12H2,1H3,(H2,20,26)/t13-/m0/s1. The zero-order chi connectivity index (χ0) is 19.0. The molecule has 1 aliphatic carbocycles. The largest absolute Gasteiger partial charge is 0.368 e. The Morgan fingerprint density at radius 1 is 1.26 bits per heavy atom. The number of amides is 2. The van der Waals surface area contributed by atoms with Gasteiger partial charge in [0, 0.05) is 49.7 Å². The van der Waals surface area contributed by atoms with Crippen molar-refractivity contribution in [3.8, 4) is 0 Å². The summed E-state index contributed by atoms with van der Waals surface area (Å²) >= 11 is 0. The molecule has 1 atom stereocenters. The van der Waals surface area contributed by atoms with Gasteiger partial charge < -0.3 is 15.2 Å². The molecule has 0 unspecified atom stereocenters. The lowest BCUT2D eigenvalue weighted by molar-refractivity contribution is -0.118. The fourth-order valence-corrected chi connectivity index (χ4v) is 4.45. The first-order valence-corrected chi connectivity index (χ1v) is 9.68. The fraction of sp³-hybridized carbons (Fsp3) is 0.579. The Labute approximate surface area is 158 Å². The lowest BCUT2D eigenvalue weighted by Crippen LogP contribution is -2.40. The number of imidazole rings is 1. The van der Waals surface area contributed by atoms with Crippen molar-refractivity contribution in [1.82, 2.24) is 24.2 Å². The molecular formula is C19H26N6O2. The quantitative estimate of drug-likeness (QED) is 0.868. The molecule has 2 amide bonds. The molecule has 3 heterocycles. The number of fused-ring (bicyclic) bond motifs is 1. The number of aromatic nitrogens is 4. The summed E-state index contributed by atoms with van der Waals surface area (Å²) in [7, 11) is 1.93. The number of hydrogen-bond acceptors (Lipinski definition) is 4. The van der Waals surface area contributed by atoms with Gasteiger partial charge in [-0.15, -0.1) is 0 Å². The number of piperidine rings is 1. The Kier molecular flexibility index (Phi) is 4.72. The molecule has 2 aromatic rings. The number of carbonyl (C=O) groups is 2. The monoisotopic (exact) mass is 370 g/mol. The lowest BCUT2D eigenvalue weighted by atomic mass is 9.94. The predicted molar refractivity (Wildman–Crippen MR) is 99.1 cm³/mol. The van der Waals surface area contributed by atoms with Crippen molar-refractivity contribution in [2.24, 2.45) is 12.8 Å². The number of carbonyl (C=O) groups excluding carboxylic acids is 2. The van der Waals surface area contributed by atoms with Crippen LogP contribution in [0.1, 0.15) is 59.2 Å². The van der Waals surface area contributed by atoms with Crippen LogP contribution >= 0.6 is 0 Å². The topological polar surface area (TPSA) is 99.0 Å². The van der Waals surface area contributed by atoms with E-state index in [0.717, 1.165) is 56.5 Å². The maximum atomic E-state index is 13.2. The maximum absolute atomic E-state index is 13.2. The van der Waals surface area contributed by atoms with Crippen LogP contribution in [0, 0.1) is 0 Å². The molecule has 27 heavy (non-hydrogen) atoms. The molecule has 0 saturated carbocycles. The van der Waals surface area contributed by atoms with Crippen LogP contribution < -0.4 is 5.73 Å². The highest BCUT2D eigenvalue weighted by Crippen LogP contribution is 2.29. The normalized spacial score (nSPS) is 19.7. The summed E-state index contributed by atoms with van der Waals surface area (Å²) in [5, 5.41) is 4.56. The average Bonchev–Trinajstić information content (AvgIpc) is 3.26. The molecule has 1 saturated heterocycles. The summed E-state index contributed by atoms with van der Waals surface area (Å²) in [6.45, 7) is 1.45. The average molecular weight is 370 g/mol. The summed E-state index contributed by atoms with van der Waals surface area (Å²) in [5.41, 5.74) is 8.29. The number of primary amides is 1. The second-order valence-corrected chi connectivity index (χ2v) is 7.57. The van der Waals surface area contributed by atoms with Crippen LogP contribution in [0.2, 0.25) is 0 Å². The molecule has 8 nitrogen and oxygen atoms in total. The molecule has 2 N–H and O–H groups in total. The van der Waals surface area contributed by atoms with E-state index in [2.05, 4.69) is 10.1 Å². The van der Waals surface area contributed by atoms with E-state index in [0.29, 0.717) is 12.2 Å². The highest BCUT2D eigenvalue weighted by Gasteiger charge is 2.32. The van der Waals surface area contributed by atoms with Crippen LogP contribution in [0.3, 0.4) is 0 Å². The Morgan fingerprint density at radius 2 is 2.07 bits per heavy atom. The molecule has 1 aliphatic heterocycles. The van der Waals surface area contributed by atoms with Crippen molar-refractivity contribution >= 4 is 11.8 Å². The van der Waals surface area contributed by atoms with Crippen molar-refractivity contribution in [3.05, 3.63) is 35.2 Å². The number of nitrogens with two attached hydrogens (primary N) is 1. The third-order valence-corrected chi connectivity index (χ3v) is 5.72. The summed E-state index contributed by atoms with van der Waals surface area (Å²) in [5.74, 6) is 0.565. The third kappa shape index (κ3) is 3.36. The smallest absolute Gasteiger partial charge is 0.274 e. The van der Waals surface area contributed by atoms with Crippen LogP contribution in [-0.2, 0) is 31.2 Å². The minimum atomic E-state index is -0.391. The molecule has 0 radical (unpaired) electrons. The van der Waals surface area contributed by atoms with Crippen LogP contribution in [-0.4, -0.2) is 49.1 Å². The van der Waals surface area contributed by atoms with Crippen molar-refractivity contribution in [1.29, 1.82) is 0 Å². The molecule has 4 rings (SSSR count). The van der Waals surface area contributed by atoms with E-state index in [1.807, 2.05) is 16.6 Å². The minimum Gasteiger partial charge on any atom is -0.368 e. The summed E-state index contributed by atoms with van der Waals surface area (Å²) in [6.07, 6.45) is 9.53. The van der Waals surface area contributed by atoms with E-state index in [1.54, 1.807) is 17.0 Å². The van der Waals surface area contributed by atoms with Gasteiger partial charge in [-0.25, -0.2) is 4.98 Å². The number of hydrogen-bond donors (Lipinski definition) is 1. The van der Waals surface area contributed by atoms with E-state index < -0.39 is 5.91 Å². The first kappa shape index (κ1) is 17.8. The van der Waals surface area contributed by atoms with Gasteiger partial charge in [-0.1, -0.05) is 0 Å². The van der Waals surface area contributed by atoms with E-state index in [-0.39, 0.29) is 18.4 Å². The lowest BCUT2D eigenvalue weighted by Gasteiger charge is -2.32. The molecule has 144 valence electrons. The minimum absolute atomic E-state index is 0.0199. The SMILES string of the molecule is Cn1nc(C(=O)N2CCC[C@H](c3nccn3CC(N)=O)C2)c2c1CCCC2. The molecule has 1 fully saturated rings. The second-order valence-electron chi connectivity index (χ2n) is 7.57. The van der Waals surface area contributed by atoms with Gasteiger partial charge in [0.05, 0.1) is 0 Å². The predicted octanol–water partition coefficient (Wildman–Crippen LogP) is 1.00. The van der Waals surface area contributed by atoms with E-state index in [4.69, 9.17) is 5.73 Å². The van der Waals surface area contributed by atoms with Gasteiger partial charge in [0.15, 0.2) is 5.69 Å². The first-order chi connectivity index (χ1) is 13.0. The van der Waals surface area contributed by atoms with Gasteiger partial charge >= 0.3 is 0 Å². The molecule has 2 aliphatic rings. The Balaban J connectivity index is 1.55. The zero-order valence-corrected chi connectivity index (χ0v) is 15.7. The first-order valence-electron chi connectivity index (χ1n) is 9.68. The summed E-state index contributed by atoms with van der Waals surface area (Å²) < 4.78 is 3.67. The van der Waals surface area contributed by atoms with E-state index in [9.17, 15) is 9.59 Å². The van der Waals surface area contributed by atoms with Gasteiger partial charge in [-0.05, 0) is 38.5 Å². The fourth-order valence-electron chi connectivity index (χ4n) is 4.45. The van der Waals surface area contributed by atoms with Gasteiger partial charge in [0.25, 0.3) is 5.91 Å². The number of likely N-dealkylation sites (tertiary alicyclic amines) is 1. The molecule has 0 aromatic carbocycles. The van der Waals surface area contributed by atoms with Crippen molar-refractivity contribution in [3.63, 3.8) is 0 Å². The van der Waals surface area contributed by atoms with E-state index in [1.165, 1.54) is 5.69 Å². The van der Waals surface area contributed by atoms with Crippen LogP contribution in [0.5, 0.6) is 0 Å².